The molecule has 0 amide bonds. The van der Waals surface area contributed by atoms with Gasteiger partial charge in [-0.05, 0) is 39.2 Å². The van der Waals surface area contributed by atoms with Crippen LogP contribution in [0.15, 0.2) is 24.9 Å². The van der Waals surface area contributed by atoms with Crippen molar-refractivity contribution in [2.75, 3.05) is 13.2 Å². The van der Waals surface area contributed by atoms with Crippen LogP contribution in [0, 0.1) is 0 Å². The molecule has 5 atom stereocenters. The van der Waals surface area contributed by atoms with E-state index in [0.29, 0.717) is 6.61 Å². The molecule has 0 aliphatic carbocycles. The normalized spacial score (nSPS) is 33.5. The highest BCUT2D eigenvalue weighted by Crippen LogP contribution is 2.44. The highest BCUT2D eigenvalue weighted by atomic mass is 16.8. The lowest BCUT2D eigenvalue weighted by atomic mass is 10.1. The second-order valence-electron chi connectivity index (χ2n) is 8.49. The van der Waals surface area contributed by atoms with Crippen molar-refractivity contribution in [2.24, 2.45) is 0 Å². The number of imidazole rings is 1. The molecule has 0 spiro atoms. The molecule has 6 rings (SSSR count). The lowest BCUT2D eigenvalue weighted by Gasteiger charge is -2.27. The summed E-state index contributed by atoms with van der Waals surface area (Å²) in [5.74, 6) is -0.695. The van der Waals surface area contributed by atoms with Crippen molar-refractivity contribution in [3.8, 4) is 0 Å². The topological polar surface area (TPSA) is 94.2 Å². The summed E-state index contributed by atoms with van der Waals surface area (Å²) < 4.78 is 34.1. The number of hydrogen-bond acceptors (Lipinski definition) is 8. The van der Waals surface area contributed by atoms with Crippen LogP contribution in [0.4, 0.5) is 0 Å². The van der Waals surface area contributed by atoms with Crippen molar-refractivity contribution in [3.63, 3.8) is 0 Å². The Labute approximate surface area is 173 Å². The summed E-state index contributed by atoms with van der Waals surface area (Å²) in [6.07, 6.45) is 6.86. The van der Waals surface area contributed by atoms with E-state index in [1.54, 1.807) is 23.4 Å². The standard InChI is InChI=1S/C20H25N5O5/c1-20(2)29-16-13(9-27-14-5-3-4-8-26-14)28-19(17(16)30-20)24-10-21-15-12-6-7-23-25(12)11-22-18(15)24/h6-7,10-11,13-14,16-17,19H,3-5,8-9H2,1-2H3/t13-,14?,16-,17-,19-/m1/s1. The average molecular weight is 415 g/mol. The van der Waals surface area contributed by atoms with Crippen LogP contribution in [0.5, 0.6) is 0 Å². The first-order valence-electron chi connectivity index (χ1n) is 10.5. The predicted molar refractivity (Wildman–Crippen MR) is 104 cm³/mol. The van der Waals surface area contributed by atoms with Gasteiger partial charge in [-0.2, -0.15) is 5.10 Å². The van der Waals surface area contributed by atoms with E-state index in [1.165, 1.54) is 0 Å². The Hall–Kier alpha value is -2.11. The molecule has 0 bridgehead atoms. The average Bonchev–Trinajstić information content (AvgIpc) is 3.48. The number of fused-ring (bicyclic) bond motifs is 4. The maximum Gasteiger partial charge on any atom is 0.166 e. The summed E-state index contributed by atoms with van der Waals surface area (Å²) in [5, 5.41) is 4.23. The summed E-state index contributed by atoms with van der Waals surface area (Å²) in [6.45, 7) is 4.97. The fourth-order valence-corrected chi connectivity index (χ4v) is 4.61. The Bertz CT molecular complexity index is 1060. The molecule has 3 aliphatic heterocycles. The number of rotatable bonds is 4. The summed E-state index contributed by atoms with van der Waals surface area (Å²) >= 11 is 0. The molecular formula is C20H25N5O5. The molecule has 3 aliphatic rings. The molecule has 30 heavy (non-hydrogen) atoms. The second-order valence-corrected chi connectivity index (χ2v) is 8.49. The fraction of sp³-hybridized carbons (Fsp3) is 0.650. The fourth-order valence-electron chi connectivity index (χ4n) is 4.61. The van der Waals surface area contributed by atoms with Gasteiger partial charge in [0, 0.05) is 6.61 Å². The first-order chi connectivity index (χ1) is 14.6. The zero-order valence-electron chi connectivity index (χ0n) is 17.0. The summed E-state index contributed by atoms with van der Waals surface area (Å²) in [6, 6.07) is 1.92. The van der Waals surface area contributed by atoms with E-state index >= 15 is 0 Å². The van der Waals surface area contributed by atoms with Crippen LogP contribution in [0.2, 0.25) is 0 Å². The molecule has 0 N–H and O–H groups in total. The van der Waals surface area contributed by atoms with Crippen molar-refractivity contribution < 1.29 is 23.7 Å². The van der Waals surface area contributed by atoms with E-state index in [4.69, 9.17) is 23.7 Å². The van der Waals surface area contributed by atoms with Crippen LogP contribution in [0.3, 0.4) is 0 Å². The lowest BCUT2D eigenvalue weighted by Crippen LogP contribution is -2.35. The van der Waals surface area contributed by atoms with Gasteiger partial charge in [-0.15, -0.1) is 0 Å². The monoisotopic (exact) mass is 415 g/mol. The second kappa shape index (κ2) is 6.96. The molecule has 0 radical (unpaired) electrons. The number of ether oxygens (including phenoxy) is 5. The van der Waals surface area contributed by atoms with Gasteiger partial charge in [-0.1, -0.05) is 0 Å². The van der Waals surface area contributed by atoms with Gasteiger partial charge in [0.25, 0.3) is 0 Å². The van der Waals surface area contributed by atoms with Gasteiger partial charge in [0.1, 0.15) is 30.2 Å². The molecule has 3 saturated heterocycles. The van der Waals surface area contributed by atoms with Crippen LogP contribution in [-0.2, 0) is 23.7 Å². The molecule has 10 nitrogen and oxygen atoms in total. The number of hydrogen-bond donors (Lipinski definition) is 0. The van der Waals surface area contributed by atoms with E-state index in [0.717, 1.165) is 42.5 Å². The van der Waals surface area contributed by atoms with E-state index in [-0.39, 0.29) is 24.6 Å². The van der Waals surface area contributed by atoms with Gasteiger partial charge in [0.2, 0.25) is 0 Å². The number of aromatic nitrogens is 5. The molecule has 6 heterocycles. The van der Waals surface area contributed by atoms with Crippen LogP contribution >= 0.6 is 0 Å². The maximum absolute atomic E-state index is 6.39. The van der Waals surface area contributed by atoms with Gasteiger partial charge in [0.05, 0.1) is 24.6 Å². The third kappa shape index (κ3) is 3.02. The molecule has 3 aromatic heterocycles. The minimum atomic E-state index is -0.695. The van der Waals surface area contributed by atoms with E-state index in [2.05, 4.69) is 15.1 Å². The summed E-state index contributed by atoms with van der Waals surface area (Å²) in [5.41, 5.74) is 2.38. The highest BCUT2D eigenvalue weighted by Gasteiger charge is 2.56. The van der Waals surface area contributed by atoms with Gasteiger partial charge in [0.15, 0.2) is 24.0 Å². The molecular weight excluding hydrogens is 390 g/mol. The van der Waals surface area contributed by atoms with Crippen molar-refractivity contribution in [1.29, 1.82) is 0 Å². The van der Waals surface area contributed by atoms with Crippen molar-refractivity contribution in [1.82, 2.24) is 24.1 Å². The van der Waals surface area contributed by atoms with Gasteiger partial charge >= 0.3 is 0 Å². The first-order valence-corrected chi connectivity index (χ1v) is 10.5. The Kier molecular flexibility index (Phi) is 4.32. The Morgan fingerprint density at radius 2 is 2.07 bits per heavy atom. The van der Waals surface area contributed by atoms with Gasteiger partial charge in [-0.25, -0.2) is 14.5 Å². The maximum atomic E-state index is 6.39. The van der Waals surface area contributed by atoms with Crippen molar-refractivity contribution in [3.05, 3.63) is 24.9 Å². The smallest absolute Gasteiger partial charge is 0.166 e. The minimum absolute atomic E-state index is 0.180. The molecule has 160 valence electrons. The zero-order chi connectivity index (χ0) is 20.3. The zero-order valence-corrected chi connectivity index (χ0v) is 17.0. The first kappa shape index (κ1) is 18.6. The molecule has 3 aromatic rings. The molecule has 10 heteroatoms. The van der Waals surface area contributed by atoms with Crippen molar-refractivity contribution in [2.45, 2.75) is 69.7 Å². The van der Waals surface area contributed by atoms with Gasteiger partial charge in [-0.3, -0.25) is 4.57 Å². The molecule has 0 aromatic carbocycles. The number of nitrogens with zero attached hydrogens (tertiary/aromatic N) is 5. The van der Waals surface area contributed by atoms with Crippen molar-refractivity contribution >= 4 is 16.7 Å². The van der Waals surface area contributed by atoms with Crippen LogP contribution in [0.25, 0.3) is 16.7 Å². The quantitative estimate of drug-likeness (QED) is 0.639. The SMILES string of the molecule is CC1(C)O[C@@H]2[C@H](O1)[C@@H](COC1CCCCO1)O[C@H]2n1cnc2c1ncn1nccc21. The Morgan fingerprint density at radius 3 is 2.93 bits per heavy atom. The molecule has 1 unspecified atom stereocenters. The van der Waals surface area contributed by atoms with Gasteiger partial charge < -0.3 is 23.7 Å². The molecule has 0 saturated carbocycles. The van der Waals surface area contributed by atoms with Crippen LogP contribution in [0.1, 0.15) is 39.3 Å². The summed E-state index contributed by atoms with van der Waals surface area (Å²) in [4.78, 5) is 9.13. The van der Waals surface area contributed by atoms with E-state index in [1.807, 2.05) is 24.5 Å². The molecule has 3 fully saturated rings. The predicted octanol–water partition coefficient (Wildman–Crippen LogP) is 2.04. The highest BCUT2D eigenvalue weighted by molar-refractivity contribution is 5.87. The van der Waals surface area contributed by atoms with Crippen LogP contribution < -0.4 is 0 Å². The third-order valence-electron chi connectivity index (χ3n) is 5.95. The third-order valence-corrected chi connectivity index (χ3v) is 5.95. The van der Waals surface area contributed by atoms with E-state index < -0.39 is 12.0 Å². The largest absolute Gasteiger partial charge is 0.353 e. The Balaban J connectivity index is 1.30. The van der Waals surface area contributed by atoms with E-state index in [9.17, 15) is 0 Å². The Morgan fingerprint density at radius 1 is 1.17 bits per heavy atom. The lowest BCUT2D eigenvalue weighted by molar-refractivity contribution is -0.219. The minimum Gasteiger partial charge on any atom is -0.353 e. The van der Waals surface area contributed by atoms with Crippen LogP contribution in [-0.4, -0.2) is 67.8 Å². The summed E-state index contributed by atoms with van der Waals surface area (Å²) in [7, 11) is 0.